The van der Waals surface area contributed by atoms with Crippen molar-refractivity contribution in [2.75, 3.05) is 10.6 Å². The Bertz CT molecular complexity index is 1680. The van der Waals surface area contributed by atoms with Gasteiger partial charge in [0.1, 0.15) is 47.3 Å². The van der Waals surface area contributed by atoms with E-state index in [1.807, 2.05) is 91.0 Å². The molecule has 0 bridgehead atoms. The number of carbonyl (C=O) groups excluding carboxylic acids is 4. The molecule has 1 heterocycles. The number of hydrogen-bond donors (Lipinski definition) is 4. The maximum absolute atomic E-state index is 13.8. The van der Waals surface area contributed by atoms with Gasteiger partial charge in [0.2, 0.25) is 11.8 Å². The lowest BCUT2D eigenvalue weighted by Crippen LogP contribution is -2.47. The molecule has 0 saturated carbocycles. The van der Waals surface area contributed by atoms with Crippen LogP contribution >= 0.6 is 0 Å². The van der Waals surface area contributed by atoms with Gasteiger partial charge in [0.05, 0.1) is 0 Å². The van der Waals surface area contributed by atoms with Gasteiger partial charge in [0, 0.05) is 25.0 Å². The predicted molar refractivity (Wildman–Crippen MR) is 199 cm³/mol. The van der Waals surface area contributed by atoms with Crippen LogP contribution < -0.4 is 26.0 Å². The molecule has 4 rings (SSSR count). The van der Waals surface area contributed by atoms with Crippen molar-refractivity contribution in [1.82, 2.24) is 15.6 Å². The molecule has 1 aromatic heterocycles. The SMILES string of the molecule is CC(C)(C)OC(=O)N[C@@H](Cc1ccccc1)C(=O)Nc1cc(OCc2ccccc2)cc(NC(=O)[C@H](Cc2ccccc2)NC(=O)OC(C)(C)C)n1. The van der Waals surface area contributed by atoms with Crippen molar-refractivity contribution in [2.24, 2.45) is 0 Å². The first-order chi connectivity index (χ1) is 24.6. The Hall–Kier alpha value is -5.91. The summed E-state index contributed by atoms with van der Waals surface area (Å²) < 4.78 is 16.9. The quantitative estimate of drug-likeness (QED) is 0.118. The van der Waals surface area contributed by atoms with Gasteiger partial charge in [-0.2, -0.15) is 0 Å². The minimum absolute atomic E-state index is 0.0506. The van der Waals surface area contributed by atoms with Crippen LogP contribution in [0.5, 0.6) is 5.75 Å². The molecule has 12 heteroatoms. The zero-order valence-electron chi connectivity index (χ0n) is 30.4. The molecule has 4 N–H and O–H groups in total. The lowest BCUT2D eigenvalue weighted by atomic mass is 10.1. The molecule has 0 aliphatic rings. The van der Waals surface area contributed by atoms with E-state index in [1.165, 1.54) is 12.1 Å². The first kappa shape index (κ1) is 38.9. The fourth-order valence-electron chi connectivity index (χ4n) is 4.90. The number of carbonyl (C=O) groups is 4. The van der Waals surface area contributed by atoms with Crippen molar-refractivity contribution in [1.29, 1.82) is 0 Å². The second-order valence-corrected chi connectivity index (χ2v) is 14.1. The molecule has 0 unspecified atom stereocenters. The molecule has 52 heavy (non-hydrogen) atoms. The van der Waals surface area contributed by atoms with E-state index in [2.05, 4.69) is 26.3 Å². The van der Waals surface area contributed by atoms with E-state index < -0.39 is 47.3 Å². The molecular formula is C40H47N5O7. The summed E-state index contributed by atoms with van der Waals surface area (Å²) in [5.74, 6) is -0.755. The van der Waals surface area contributed by atoms with E-state index in [0.717, 1.165) is 16.7 Å². The van der Waals surface area contributed by atoms with Crippen LogP contribution in [0.15, 0.2) is 103 Å². The van der Waals surface area contributed by atoms with E-state index in [1.54, 1.807) is 41.5 Å². The number of alkyl carbamates (subject to hydrolysis) is 2. The third-order valence-corrected chi connectivity index (χ3v) is 7.13. The average Bonchev–Trinajstić information content (AvgIpc) is 3.06. The van der Waals surface area contributed by atoms with Crippen molar-refractivity contribution in [3.05, 3.63) is 120 Å². The average molecular weight is 710 g/mol. The van der Waals surface area contributed by atoms with Crippen LogP contribution in [0.2, 0.25) is 0 Å². The van der Waals surface area contributed by atoms with Gasteiger partial charge < -0.3 is 35.5 Å². The summed E-state index contributed by atoms with van der Waals surface area (Å²) in [6.45, 7) is 10.6. The molecule has 0 aliphatic carbocycles. The van der Waals surface area contributed by atoms with Crippen molar-refractivity contribution in [2.45, 2.75) is 84.3 Å². The van der Waals surface area contributed by atoms with Crippen LogP contribution in [0.3, 0.4) is 0 Å². The van der Waals surface area contributed by atoms with Crippen molar-refractivity contribution in [3.63, 3.8) is 0 Å². The Morgan fingerprint density at radius 3 is 1.31 bits per heavy atom. The number of nitrogens with one attached hydrogen (secondary N) is 4. The highest BCUT2D eigenvalue weighted by Gasteiger charge is 2.27. The largest absolute Gasteiger partial charge is 0.489 e. The summed E-state index contributed by atoms with van der Waals surface area (Å²) in [6.07, 6.45) is -1.19. The van der Waals surface area contributed by atoms with Gasteiger partial charge in [-0.1, -0.05) is 91.0 Å². The van der Waals surface area contributed by atoms with Crippen LogP contribution in [0.1, 0.15) is 58.2 Å². The number of aromatic nitrogens is 1. The molecule has 0 fully saturated rings. The molecule has 12 nitrogen and oxygen atoms in total. The minimum atomic E-state index is -1.04. The molecule has 0 spiro atoms. The lowest BCUT2D eigenvalue weighted by Gasteiger charge is -2.24. The van der Waals surface area contributed by atoms with Gasteiger partial charge in [-0.3, -0.25) is 9.59 Å². The fraction of sp³-hybridized carbons (Fsp3) is 0.325. The number of ether oxygens (including phenoxy) is 3. The third kappa shape index (κ3) is 13.8. The number of amides is 4. The van der Waals surface area contributed by atoms with Crippen molar-refractivity contribution in [3.8, 4) is 5.75 Å². The zero-order chi connectivity index (χ0) is 37.7. The predicted octanol–water partition coefficient (Wildman–Crippen LogP) is 6.81. The first-order valence-electron chi connectivity index (χ1n) is 17.0. The Morgan fingerprint density at radius 2 is 0.942 bits per heavy atom. The van der Waals surface area contributed by atoms with Crippen LogP contribution in [0.4, 0.5) is 21.2 Å². The minimum Gasteiger partial charge on any atom is -0.489 e. The monoisotopic (exact) mass is 709 g/mol. The second kappa shape index (κ2) is 17.8. The molecule has 0 aliphatic heterocycles. The van der Waals surface area contributed by atoms with Gasteiger partial charge in [0.25, 0.3) is 0 Å². The maximum atomic E-state index is 13.8. The molecule has 4 aromatic rings. The molecule has 0 saturated heterocycles. The summed E-state index contributed by atoms with van der Waals surface area (Å²) in [7, 11) is 0. The van der Waals surface area contributed by atoms with Gasteiger partial charge in [-0.05, 0) is 58.2 Å². The summed E-state index contributed by atoms with van der Waals surface area (Å²) in [5.41, 5.74) is 0.939. The molecule has 274 valence electrons. The molecule has 0 radical (unpaired) electrons. The number of pyridine rings is 1. The van der Waals surface area contributed by atoms with Crippen molar-refractivity contribution >= 4 is 35.6 Å². The fourth-order valence-corrected chi connectivity index (χ4v) is 4.90. The van der Waals surface area contributed by atoms with Crippen LogP contribution in [0.25, 0.3) is 0 Å². The summed E-state index contributed by atoms with van der Waals surface area (Å²) in [6, 6.07) is 28.9. The number of benzene rings is 3. The van der Waals surface area contributed by atoms with Crippen LogP contribution in [0, 0.1) is 0 Å². The van der Waals surface area contributed by atoms with Gasteiger partial charge in [-0.25, -0.2) is 14.6 Å². The van der Waals surface area contributed by atoms with E-state index in [0.29, 0.717) is 5.75 Å². The third-order valence-electron chi connectivity index (χ3n) is 7.13. The second-order valence-electron chi connectivity index (χ2n) is 14.1. The highest BCUT2D eigenvalue weighted by molar-refractivity contribution is 5.98. The Kier molecular flexibility index (Phi) is 13.3. The topological polar surface area (TPSA) is 157 Å². The number of hydrogen-bond acceptors (Lipinski definition) is 8. The Morgan fingerprint density at radius 1 is 0.577 bits per heavy atom. The van der Waals surface area contributed by atoms with Gasteiger partial charge >= 0.3 is 12.2 Å². The van der Waals surface area contributed by atoms with Crippen LogP contribution in [-0.2, 0) is 38.5 Å². The lowest BCUT2D eigenvalue weighted by molar-refractivity contribution is -0.118. The Balaban J connectivity index is 1.62. The number of anilines is 2. The maximum Gasteiger partial charge on any atom is 0.408 e. The van der Waals surface area contributed by atoms with Gasteiger partial charge in [-0.15, -0.1) is 0 Å². The molecule has 3 aromatic carbocycles. The van der Waals surface area contributed by atoms with E-state index >= 15 is 0 Å². The summed E-state index contributed by atoms with van der Waals surface area (Å²) in [4.78, 5) is 57.6. The zero-order valence-corrected chi connectivity index (χ0v) is 30.4. The summed E-state index contributed by atoms with van der Waals surface area (Å²) >= 11 is 0. The molecular weight excluding hydrogens is 662 g/mol. The van der Waals surface area contributed by atoms with E-state index in [4.69, 9.17) is 14.2 Å². The van der Waals surface area contributed by atoms with E-state index in [-0.39, 0.29) is 31.1 Å². The summed E-state index contributed by atoms with van der Waals surface area (Å²) in [5, 5.41) is 10.9. The standard InChI is InChI=1S/C40H47N5O7/c1-39(2,3)51-37(48)41-31(22-27-16-10-7-11-17-27)35(46)44-33-24-30(50-26-29-20-14-9-15-21-29)25-34(43-33)45-36(47)32(23-28-18-12-8-13-19-28)42-38(49)52-40(4,5)6/h7-21,24-25,31-32H,22-23,26H2,1-6H3,(H,41,48)(H,42,49)(H2,43,44,45,46,47)/t31-,32-/m0/s1. The molecule has 2 atom stereocenters. The number of rotatable bonds is 13. The number of nitrogens with zero attached hydrogens (tertiary/aromatic N) is 1. The Labute approximate surface area is 304 Å². The highest BCUT2D eigenvalue weighted by atomic mass is 16.6. The highest BCUT2D eigenvalue weighted by Crippen LogP contribution is 2.23. The van der Waals surface area contributed by atoms with Gasteiger partial charge in [0.15, 0.2) is 0 Å². The normalized spacial score (nSPS) is 12.4. The smallest absolute Gasteiger partial charge is 0.408 e. The first-order valence-corrected chi connectivity index (χ1v) is 17.0. The van der Waals surface area contributed by atoms with Crippen LogP contribution in [-0.4, -0.2) is 52.3 Å². The van der Waals surface area contributed by atoms with E-state index in [9.17, 15) is 19.2 Å². The molecule has 4 amide bonds. The van der Waals surface area contributed by atoms with Crippen molar-refractivity contribution < 1.29 is 33.4 Å².